The predicted octanol–water partition coefficient (Wildman–Crippen LogP) is 2.14. The van der Waals surface area contributed by atoms with Crippen LogP contribution < -0.4 is 11.3 Å². The van der Waals surface area contributed by atoms with Gasteiger partial charge < -0.3 is 0 Å². The minimum absolute atomic E-state index is 0.395. The van der Waals surface area contributed by atoms with Crippen LogP contribution in [-0.4, -0.2) is 9.97 Å². The number of nitrogens with one attached hydrogen (secondary N) is 1. The molecule has 0 bridgehead atoms. The molecule has 14 heavy (non-hydrogen) atoms. The summed E-state index contributed by atoms with van der Waals surface area (Å²) in [6.45, 7) is 0. The van der Waals surface area contributed by atoms with E-state index in [1.165, 1.54) is 11.3 Å². The van der Waals surface area contributed by atoms with Crippen LogP contribution in [0.2, 0.25) is 4.34 Å². The van der Waals surface area contributed by atoms with Gasteiger partial charge in [-0.15, -0.1) is 11.3 Å². The predicted molar refractivity (Wildman–Crippen MR) is 58.2 cm³/mol. The minimum Gasteiger partial charge on any atom is -0.292 e. The molecule has 2 rings (SSSR count). The largest absolute Gasteiger partial charge is 0.292 e. The maximum atomic E-state index is 5.82. The molecular weight excluding hydrogens is 220 g/mol. The fourth-order valence-corrected chi connectivity index (χ4v) is 2.03. The highest BCUT2D eigenvalue weighted by molar-refractivity contribution is 7.19. The summed E-state index contributed by atoms with van der Waals surface area (Å²) in [7, 11) is 0. The summed E-state index contributed by atoms with van der Waals surface area (Å²) < 4.78 is 0.737. The second-order valence-corrected chi connectivity index (χ2v) is 4.23. The Morgan fingerprint density at radius 1 is 1.36 bits per heavy atom. The number of anilines is 1. The van der Waals surface area contributed by atoms with Crippen LogP contribution in [0.15, 0.2) is 24.4 Å². The van der Waals surface area contributed by atoms with Gasteiger partial charge in [0.05, 0.1) is 14.9 Å². The zero-order chi connectivity index (χ0) is 9.97. The molecule has 0 unspecified atom stereocenters. The Labute approximate surface area is 89.7 Å². The fourth-order valence-electron chi connectivity index (χ4n) is 1.02. The third kappa shape index (κ3) is 1.84. The van der Waals surface area contributed by atoms with E-state index in [0.717, 1.165) is 14.9 Å². The Bertz CT molecular complexity index is 442. The summed E-state index contributed by atoms with van der Waals surface area (Å²) in [5.74, 6) is 5.60. The number of nitrogens with two attached hydrogens (primary N) is 1. The van der Waals surface area contributed by atoms with E-state index in [0.29, 0.717) is 5.95 Å². The second kappa shape index (κ2) is 3.91. The molecule has 0 aliphatic heterocycles. The van der Waals surface area contributed by atoms with Crippen molar-refractivity contribution in [2.24, 2.45) is 5.84 Å². The number of nitrogen functional groups attached to an aromatic ring is 1. The van der Waals surface area contributed by atoms with Crippen molar-refractivity contribution >= 4 is 28.9 Å². The van der Waals surface area contributed by atoms with Crippen LogP contribution in [0.4, 0.5) is 5.95 Å². The molecule has 0 amide bonds. The second-order valence-electron chi connectivity index (χ2n) is 2.51. The van der Waals surface area contributed by atoms with Crippen molar-refractivity contribution in [3.63, 3.8) is 0 Å². The topological polar surface area (TPSA) is 63.8 Å². The molecule has 0 atom stereocenters. The van der Waals surface area contributed by atoms with Gasteiger partial charge in [0.2, 0.25) is 5.95 Å². The van der Waals surface area contributed by atoms with Gasteiger partial charge in [-0.1, -0.05) is 11.6 Å². The molecule has 72 valence electrons. The first-order valence-corrected chi connectivity index (χ1v) is 5.04. The number of nitrogens with zero attached hydrogens (tertiary/aromatic N) is 2. The highest BCUT2D eigenvalue weighted by atomic mass is 35.5. The third-order valence-corrected chi connectivity index (χ3v) is 2.86. The number of thiophene rings is 1. The Balaban J connectivity index is 2.41. The molecule has 2 heterocycles. The van der Waals surface area contributed by atoms with E-state index in [4.69, 9.17) is 17.4 Å². The Morgan fingerprint density at radius 2 is 2.21 bits per heavy atom. The maximum absolute atomic E-state index is 5.82. The van der Waals surface area contributed by atoms with E-state index in [-0.39, 0.29) is 0 Å². The Hall–Kier alpha value is -1.17. The highest BCUT2D eigenvalue weighted by Gasteiger charge is 2.03. The average molecular weight is 227 g/mol. The Kier molecular flexibility index (Phi) is 2.62. The summed E-state index contributed by atoms with van der Waals surface area (Å²) in [5, 5.41) is 0. The lowest BCUT2D eigenvalue weighted by Gasteiger charge is -1.99. The van der Waals surface area contributed by atoms with E-state index in [2.05, 4.69) is 15.4 Å². The van der Waals surface area contributed by atoms with Crippen LogP contribution in [0, 0.1) is 0 Å². The first-order chi connectivity index (χ1) is 6.79. The molecule has 0 aliphatic rings. The zero-order valence-corrected chi connectivity index (χ0v) is 8.64. The fraction of sp³-hybridized carbons (Fsp3) is 0. The van der Waals surface area contributed by atoms with Crippen molar-refractivity contribution in [3.05, 3.63) is 28.7 Å². The van der Waals surface area contributed by atoms with Gasteiger partial charge in [-0.25, -0.2) is 15.8 Å². The first kappa shape index (κ1) is 9.39. The molecule has 4 nitrogen and oxygen atoms in total. The van der Waals surface area contributed by atoms with Crippen LogP contribution in [0.5, 0.6) is 0 Å². The molecule has 6 heteroatoms. The summed E-state index contributed by atoms with van der Waals surface area (Å²) in [4.78, 5) is 9.09. The number of rotatable bonds is 2. The van der Waals surface area contributed by atoms with Crippen molar-refractivity contribution in [2.75, 3.05) is 5.43 Å². The van der Waals surface area contributed by atoms with E-state index in [1.807, 2.05) is 18.2 Å². The zero-order valence-electron chi connectivity index (χ0n) is 7.07. The van der Waals surface area contributed by atoms with Crippen LogP contribution in [0.25, 0.3) is 10.6 Å². The van der Waals surface area contributed by atoms with Crippen molar-refractivity contribution in [1.82, 2.24) is 9.97 Å². The molecule has 2 aromatic rings. The minimum atomic E-state index is 0.395. The lowest BCUT2D eigenvalue weighted by molar-refractivity contribution is 1.12. The van der Waals surface area contributed by atoms with Crippen LogP contribution >= 0.6 is 22.9 Å². The quantitative estimate of drug-likeness (QED) is 0.608. The first-order valence-electron chi connectivity index (χ1n) is 3.85. The summed E-state index contributed by atoms with van der Waals surface area (Å²) in [6.07, 6.45) is 1.64. The van der Waals surface area contributed by atoms with Gasteiger partial charge >= 0.3 is 0 Å². The van der Waals surface area contributed by atoms with Gasteiger partial charge in [0.1, 0.15) is 0 Å². The van der Waals surface area contributed by atoms with E-state index in [1.54, 1.807) is 6.20 Å². The molecule has 2 aromatic heterocycles. The van der Waals surface area contributed by atoms with Crippen LogP contribution in [0.3, 0.4) is 0 Å². The van der Waals surface area contributed by atoms with Gasteiger partial charge in [-0.05, 0) is 18.2 Å². The average Bonchev–Trinajstić information content (AvgIpc) is 2.65. The third-order valence-electron chi connectivity index (χ3n) is 1.61. The molecule has 0 aromatic carbocycles. The van der Waals surface area contributed by atoms with Gasteiger partial charge in [0.25, 0.3) is 0 Å². The standard InChI is InChI=1S/C8H7ClN4S/c9-7-2-1-6(14-7)5-3-4-11-8(12-5)13-10/h1-4H,10H2,(H,11,12,13). The van der Waals surface area contributed by atoms with Gasteiger partial charge in [0, 0.05) is 6.20 Å². The molecule has 0 saturated heterocycles. The molecule has 0 aliphatic carbocycles. The lowest BCUT2D eigenvalue weighted by Crippen LogP contribution is -2.10. The SMILES string of the molecule is NNc1nccc(-c2ccc(Cl)s2)n1. The summed E-state index contributed by atoms with van der Waals surface area (Å²) in [5.41, 5.74) is 3.20. The van der Waals surface area contributed by atoms with E-state index >= 15 is 0 Å². The van der Waals surface area contributed by atoms with Gasteiger partial charge in [-0.2, -0.15) is 0 Å². The number of halogens is 1. The molecule has 0 radical (unpaired) electrons. The Morgan fingerprint density at radius 3 is 2.86 bits per heavy atom. The van der Waals surface area contributed by atoms with Crippen molar-refractivity contribution in [3.8, 4) is 10.6 Å². The van der Waals surface area contributed by atoms with Crippen molar-refractivity contribution < 1.29 is 0 Å². The van der Waals surface area contributed by atoms with E-state index < -0.39 is 0 Å². The van der Waals surface area contributed by atoms with Gasteiger partial charge in [0.15, 0.2) is 0 Å². The number of aromatic nitrogens is 2. The van der Waals surface area contributed by atoms with E-state index in [9.17, 15) is 0 Å². The molecule has 0 saturated carbocycles. The molecular formula is C8H7ClN4S. The lowest BCUT2D eigenvalue weighted by atomic mass is 10.3. The number of hydrazine groups is 1. The van der Waals surface area contributed by atoms with Crippen molar-refractivity contribution in [2.45, 2.75) is 0 Å². The highest BCUT2D eigenvalue weighted by Crippen LogP contribution is 2.29. The maximum Gasteiger partial charge on any atom is 0.237 e. The van der Waals surface area contributed by atoms with Crippen molar-refractivity contribution in [1.29, 1.82) is 0 Å². The monoisotopic (exact) mass is 226 g/mol. The summed E-state index contributed by atoms with van der Waals surface area (Å²) >= 11 is 7.29. The normalized spacial score (nSPS) is 10.1. The number of hydrogen-bond acceptors (Lipinski definition) is 5. The van der Waals surface area contributed by atoms with Crippen LogP contribution in [-0.2, 0) is 0 Å². The van der Waals surface area contributed by atoms with Crippen LogP contribution in [0.1, 0.15) is 0 Å². The molecule has 3 N–H and O–H groups in total. The number of hydrogen-bond donors (Lipinski definition) is 2. The molecule has 0 fully saturated rings. The smallest absolute Gasteiger partial charge is 0.237 e. The summed E-state index contributed by atoms with van der Waals surface area (Å²) in [6, 6.07) is 5.55. The van der Waals surface area contributed by atoms with Gasteiger partial charge in [-0.3, -0.25) is 5.43 Å². The molecule has 0 spiro atoms.